The van der Waals surface area contributed by atoms with Gasteiger partial charge in [-0.15, -0.1) is 0 Å². The van der Waals surface area contributed by atoms with Gasteiger partial charge in [0, 0.05) is 12.2 Å². The van der Waals surface area contributed by atoms with Crippen molar-refractivity contribution >= 4 is 17.7 Å². The summed E-state index contributed by atoms with van der Waals surface area (Å²) in [5, 5.41) is 14.2. The van der Waals surface area contributed by atoms with Crippen LogP contribution >= 0.6 is 0 Å². The molecule has 3 N–H and O–H groups in total. The van der Waals surface area contributed by atoms with E-state index in [1.54, 1.807) is 0 Å². The summed E-state index contributed by atoms with van der Waals surface area (Å²) in [5.74, 6) is -2.19. The summed E-state index contributed by atoms with van der Waals surface area (Å²) >= 11 is 0. The van der Waals surface area contributed by atoms with Crippen molar-refractivity contribution in [3.05, 3.63) is 29.6 Å². The lowest BCUT2D eigenvalue weighted by Gasteiger charge is -2.41. The Morgan fingerprint density at radius 3 is 2.62 bits per heavy atom. The molecule has 0 spiro atoms. The van der Waals surface area contributed by atoms with Crippen molar-refractivity contribution < 1.29 is 19.1 Å². The van der Waals surface area contributed by atoms with Gasteiger partial charge in [0.15, 0.2) is 0 Å². The molecule has 0 bridgehead atoms. The summed E-state index contributed by atoms with van der Waals surface area (Å²) in [6, 6.07) is 3.06. The Balaban J connectivity index is 1.93. The van der Waals surface area contributed by atoms with Crippen LogP contribution in [-0.4, -0.2) is 23.7 Å². The fourth-order valence-electron chi connectivity index (χ4n) is 2.54. The maximum Gasteiger partial charge on any atom is 0.338 e. The van der Waals surface area contributed by atoms with E-state index in [9.17, 15) is 14.0 Å². The zero-order valence-electron chi connectivity index (χ0n) is 11.9. The monoisotopic (exact) mass is 294 g/mol. The molecule has 0 radical (unpaired) electrons. The quantitative estimate of drug-likeness (QED) is 0.780. The van der Waals surface area contributed by atoms with Crippen molar-refractivity contribution in [1.29, 1.82) is 0 Å². The third kappa shape index (κ3) is 3.51. The van der Waals surface area contributed by atoms with Gasteiger partial charge in [0.05, 0.1) is 5.56 Å². The smallest absolute Gasteiger partial charge is 0.338 e. The SMILES string of the molecule is CCC1(CNC(=O)Nc2ccc(F)c(C(=O)O)c2)CCC1. The molecule has 5 nitrogen and oxygen atoms in total. The predicted octanol–water partition coefficient (Wildman–Crippen LogP) is 3.23. The van der Waals surface area contributed by atoms with Gasteiger partial charge in [0.2, 0.25) is 0 Å². The number of carboxylic acid groups (broad SMARTS) is 1. The van der Waals surface area contributed by atoms with Crippen LogP contribution in [0.5, 0.6) is 0 Å². The number of urea groups is 1. The Morgan fingerprint density at radius 2 is 2.10 bits per heavy atom. The van der Waals surface area contributed by atoms with E-state index in [2.05, 4.69) is 17.6 Å². The molecule has 1 aliphatic carbocycles. The fraction of sp³-hybridized carbons (Fsp3) is 0.467. The summed E-state index contributed by atoms with van der Waals surface area (Å²) < 4.78 is 13.3. The summed E-state index contributed by atoms with van der Waals surface area (Å²) in [7, 11) is 0. The van der Waals surface area contributed by atoms with Crippen LogP contribution in [-0.2, 0) is 0 Å². The second-order valence-electron chi connectivity index (χ2n) is 5.51. The molecular weight excluding hydrogens is 275 g/mol. The van der Waals surface area contributed by atoms with Crippen LogP contribution in [0.1, 0.15) is 43.0 Å². The Labute approximate surface area is 122 Å². The van der Waals surface area contributed by atoms with Crippen molar-refractivity contribution in [2.45, 2.75) is 32.6 Å². The maximum atomic E-state index is 13.3. The lowest BCUT2D eigenvalue weighted by molar-refractivity contribution is 0.0692. The van der Waals surface area contributed by atoms with Crippen molar-refractivity contribution in [3.8, 4) is 0 Å². The second-order valence-corrected chi connectivity index (χ2v) is 5.51. The minimum Gasteiger partial charge on any atom is -0.478 e. The number of carbonyl (C=O) groups excluding carboxylic acids is 1. The number of carboxylic acids is 1. The van der Waals surface area contributed by atoms with Gasteiger partial charge in [-0.3, -0.25) is 0 Å². The Morgan fingerprint density at radius 1 is 1.38 bits per heavy atom. The molecule has 0 aliphatic heterocycles. The first-order valence-corrected chi connectivity index (χ1v) is 7.03. The number of nitrogens with one attached hydrogen (secondary N) is 2. The summed E-state index contributed by atoms with van der Waals surface area (Å²) in [5.41, 5.74) is -0.00547. The number of halogens is 1. The van der Waals surface area contributed by atoms with Crippen LogP contribution in [0.25, 0.3) is 0 Å². The van der Waals surface area contributed by atoms with Crippen LogP contribution in [0.3, 0.4) is 0 Å². The molecule has 1 fully saturated rings. The van der Waals surface area contributed by atoms with Gasteiger partial charge in [-0.05, 0) is 42.9 Å². The van der Waals surface area contributed by atoms with Gasteiger partial charge in [-0.25, -0.2) is 14.0 Å². The summed E-state index contributed by atoms with van der Waals surface area (Å²) in [6.45, 7) is 2.71. The van der Waals surface area contributed by atoms with Crippen molar-refractivity contribution in [2.75, 3.05) is 11.9 Å². The Kier molecular flexibility index (Phi) is 4.45. The summed E-state index contributed by atoms with van der Waals surface area (Å²) in [6.07, 6.45) is 4.44. The third-order valence-corrected chi connectivity index (χ3v) is 4.24. The molecule has 0 unspecified atom stereocenters. The number of carbonyl (C=O) groups is 2. The predicted molar refractivity (Wildman–Crippen MR) is 77.0 cm³/mol. The fourth-order valence-corrected chi connectivity index (χ4v) is 2.54. The molecule has 0 atom stereocenters. The summed E-state index contributed by atoms with van der Waals surface area (Å²) in [4.78, 5) is 22.7. The van der Waals surface area contributed by atoms with E-state index in [0.29, 0.717) is 6.54 Å². The van der Waals surface area contributed by atoms with Crippen LogP contribution in [0.2, 0.25) is 0 Å². The molecule has 2 amide bonds. The van der Waals surface area contributed by atoms with Crippen LogP contribution in [0, 0.1) is 11.2 Å². The Hall–Kier alpha value is -2.11. The molecule has 21 heavy (non-hydrogen) atoms. The van der Waals surface area contributed by atoms with Crippen molar-refractivity contribution in [2.24, 2.45) is 5.41 Å². The highest BCUT2D eigenvalue weighted by Crippen LogP contribution is 2.43. The Bertz CT molecular complexity index is 550. The third-order valence-electron chi connectivity index (χ3n) is 4.24. The lowest BCUT2D eigenvalue weighted by Crippen LogP contribution is -2.43. The molecule has 1 aliphatic rings. The van der Waals surface area contributed by atoms with Crippen molar-refractivity contribution in [3.63, 3.8) is 0 Å². The number of rotatable bonds is 5. The first-order chi connectivity index (χ1) is 9.96. The van der Waals surface area contributed by atoms with Gasteiger partial charge >= 0.3 is 12.0 Å². The molecule has 2 rings (SSSR count). The van der Waals surface area contributed by atoms with Crippen molar-refractivity contribution in [1.82, 2.24) is 5.32 Å². The number of aromatic carboxylic acids is 1. The zero-order valence-corrected chi connectivity index (χ0v) is 11.9. The molecule has 1 aromatic rings. The van der Waals surface area contributed by atoms with Gasteiger partial charge in [0.25, 0.3) is 0 Å². The van der Waals surface area contributed by atoms with Gasteiger partial charge in [0.1, 0.15) is 5.82 Å². The molecule has 6 heteroatoms. The molecule has 114 valence electrons. The van der Waals surface area contributed by atoms with E-state index in [1.165, 1.54) is 12.5 Å². The number of benzene rings is 1. The minimum atomic E-state index is -1.36. The van der Waals surface area contributed by atoms with E-state index < -0.39 is 23.4 Å². The topological polar surface area (TPSA) is 78.4 Å². The molecule has 0 heterocycles. The maximum absolute atomic E-state index is 13.3. The van der Waals surface area contributed by atoms with E-state index in [-0.39, 0.29) is 11.1 Å². The van der Waals surface area contributed by atoms with Crippen LogP contribution < -0.4 is 10.6 Å². The highest BCUT2D eigenvalue weighted by atomic mass is 19.1. The average molecular weight is 294 g/mol. The molecular formula is C15H19FN2O3. The van der Waals surface area contributed by atoms with E-state index in [4.69, 9.17) is 5.11 Å². The van der Waals surface area contributed by atoms with E-state index in [1.807, 2.05) is 0 Å². The second kappa shape index (κ2) is 6.11. The van der Waals surface area contributed by atoms with Crippen LogP contribution in [0.4, 0.5) is 14.9 Å². The zero-order chi connectivity index (χ0) is 15.5. The first-order valence-electron chi connectivity index (χ1n) is 7.03. The van der Waals surface area contributed by atoms with Gasteiger partial charge in [-0.2, -0.15) is 0 Å². The average Bonchev–Trinajstić information content (AvgIpc) is 2.40. The number of anilines is 1. The lowest BCUT2D eigenvalue weighted by atomic mass is 9.67. The number of amides is 2. The molecule has 0 saturated heterocycles. The van der Waals surface area contributed by atoms with E-state index >= 15 is 0 Å². The highest BCUT2D eigenvalue weighted by molar-refractivity contribution is 5.93. The molecule has 1 saturated carbocycles. The first kappa shape index (κ1) is 15.3. The number of hydrogen-bond acceptors (Lipinski definition) is 2. The normalized spacial score (nSPS) is 15.9. The molecule has 1 aromatic carbocycles. The van der Waals surface area contributed by atoms with Gasteiger partial charge < -0.3 is 15.7 Å². The van der Waals surface area contributed by atoms with Crippen LogP contribution in [0.15, 0.2) is 18.2 Å². The minimum absolute atomic E-state index is 0.201. The number of hydrogen-bond donors (Lipinski definition) is 3. The van der Waals surface area contributed by atoms with Gasteiger partial charge in [-0.1, -0.05) is 13.3 Å². The standard InChI is InChI=1S/C15H19FN2O3/c1-2-15(6-3-7-15)9-17-14(21)18-10-4-5-12(16)11(8-10)13(19)20/h4-5,8H,2-3,6-7,9H2,1H3,(H,19,20)(H2,17,18,21). The molecule has 0 aromatic heterocycles. The highest BCUT2D eigenvalue weighted by Gasteiger charge is 2.35. The largest absolute Gasteiger partial charge is 0.478 e. The van der Waals surface area contributed by atoms with E-state index in [0.717, 1.165) is 31.4 Å².